The Hall–Kier alpha value is -3.17. The molecule has 2 aromatic rings. The van der Waals surface area contributed by atoms with Crippen LogP contribution in [0, 0.1) is 10.1 Å². The molecular weight excluding hydrogens is 356 g/mol. The van der Waals surface area contributed by atoms with Crippen molar-refractivity contribution in [3.63, 3.8) is 0 Å². The van der Waals surface area contributed by atoms with Gasteiger partial charge in [0.15, 0.2) is 0 Å². The number of ether oxygens (including phenoxy) is 2. The summed E-state index contributed by atoms with van der Waals surface area (Å²) in [5.74, 6) is 0.0578. The lowest BCUT2D eigenvalue weighted by molar-refractivity contribution is -0.386. The summed E-state index contributed by atoms with van der Waals surface area (Å²) in [6.07, 6.45) is -3.94. The van der Waals surface area contributed by atoms with Gasteiger partial charge in [-0.3, -0.25) is 10.1 Å². The highest BCUT2D eigenvalue weighted by molar-refractivity contribution is 5.67. The highest BCUT2D eigenvalue weighted by atomic mass is 16.6. The van der Waals surface area contributed by atoms with E-state index in [9.17, 15) is 25.1 Å². The Morgan fingerprint density at radius 1 is 1.19 bits per heavy atom. The topological polar surface area (TPSA) is 131 Å². The Balaban J connectivity index is 1.96. The van der Waals surface area contributed by atoms with Crippen LogP contribution in [-0.4, -0.2) is 41.0 Å². The Labute approximate surface area is 155 Å². The molecule has 0 saturated heterocycles. The quantitative estimate of drug-likeness (QED) is 0.474. The number of hydrogen-bond donors (Lipinski definition) is 3. The predicted octanol–water partition coefficient (Wildman–Crippen LogP) is 1.92. The molecular formula is C18H20N2O7. The third-order valence-corrected chi connectivity index (χ3v) is 3.79. The summed E-state index contributed by atoms with van der Waals surface area (Å²) in [5.41, 5.74) is 0.224. The number of nitrogens with zero attached hydrogens (tertiary/aromatic N) is 1. The van der Waals surface area contributed by atoms with Crippen LogP contribution in [0.2, 0.25) is 0 Å². The first-order valence-corrected chi connectivity index (χ1v) is 8.06. The molecule has 3 N–H and O–H groups in total. The molecule has 2 atom stereocenters. The van der Waals surface area contributed by atoms with Gasteiger partial charge in [0.1, 0.15) is 30.1 Å². The third kappa shape index (κ3) is 5.40. The first kappa shape index (κ1) is 20.1. The number of amides is 1. The van der Waals surface area contributed by atoms with Crippen LogP contribution in [0.25, 0.3) is 0 Å². The van der Waals surface area contributed by atoms with Crippen LogP contribution in [0.5, 0.6) is 5.75 Å². The van der Waals surface area contributed by atoms with E-state index in [0.29, 0.717) is 0 Å². The maximum Gasteiger partial charge on any atom is 0.407 e. The molecule has 27 heavy (non-hydrogen) atoms. The van der Waals surface area contributed by atoms with Crippen molar-refractivity contribution in [2.75, 3.05) is 13.7 Å². The van der Waals surface area contributed by atoms with E-state index in [0.717, 1.165) is 5.56 Å². The van der Waals surface area contributed by atoms with Crippen molar-refractivity contribution >= 4 is 11.8 Å². The van der Waals surface area contributed by atoms with Crippen LogP contribution >= 0.6 is 0 Å². The lowest BCUT2D eigenvalue weighted by Crippen LogP contribution is -2.36. The molecule has 0 aliphatic rings. The number of alkyl carbamates (subject to hydrolysis) is 1. The molecule has 0 spiro atoms. The number of nitrogens with one attached hydrogen (secondary N) is 1. The normalized spacial score (nSPS) is 12.7. The second kappa shape index (κ2) is 9.51. The summed E-state index contributed by atoms with van der Waals surface area (Å²) in [5, 5.41) is 33.9. The van der Waals surface area contributed by atoms with E-state index in [1.807, 2.05) is 6.07 Å². The van der Waals surface area contributed by atoms with Gasteiger partial charge in [-0.15, -0.1) is 0 Å². The number of aliphatic hydroxyl groups excluding tert-OH is 2. The predicted molar refractivity (Wildman–Crippen MR) is 95.2 cm³/mol. The zero-order valence-corrected chi connectivity index (χ0v) is 14.6. The summed E-state index contributed by atoms with van der Waals surface area (Å²) >= 11 is 0. The zero-order chi connectivity index (χ0) is 19.8. The monoisotopic (exact) mass is 376 g/mol. The SMILES string of the molecule is COc1cccc([N+](=O)[O-])c1C(O)C(O)CNC(=O)OCc1ccccc1. The van der Waals surface area contributed by atoms with E-state index in [-0.39, 0.29) is 24.5 Å². The van der Waals surface area contributed by atoms with Gasteiger partial charge < -0.3 is 25.0 Å². The molecule has 0 saturated carbocycles. The van der Waals surface area contributed by atoms with Crippen LogP contribution in [0.3, 0.4) is 0 Å². The highest BCUT2D eigenvalue weighted by Crippen LogP contribution is 2.35. The van der Waals surface area contributed by atoms with Crippen molar-refractivity contribution in [3.8, 4) is 5.75 Å². The lowest BCUT2D eigenvalue weighted by atomic mass is 10.0. The number of benzene rings is 2. The molecule has 0 heterocycles. The number of rotatable bonds is 8. The van der Waals surface area contributed by atoms with Crippen LogP contribution < -0.4 is 10.1 Å². The molecule has 0 bridgehead atoms. The minimum atomic E-state index is -1.64. The molecule has 0 fully saturated rings. The summed E-state index contributed by atoms with van der Waals surface area (Å²) in [6.45, 7) is -0.326. The second-order valence-corrected chi connectivity index (χ2v) is 5.61. The number of carbonyl (C=O) groups excluding carboxylic acids is 1. The smallest absolute Gasteiger partial charge is 0.407 e. The van der Waals surface area contributed by atoms with Gasteiger partial charge >= 0.3 is 6.09 Å². The number of carbonyl (C=O) groups is 1. The summed E-state index contributed by atoms with van der Waals surface area (Å²) < 4.78 is 10.0. The molecule has 0 radical (unpaired) electrons. The fourth-order valence-corrected chi connectivity index (χ4v) is 2.43. The van der Waals surface area contributed by atoms with E-state index in [4.69, 9.17) is 9.47 Å². The van der Waals surface area contributed by atoms with Gasteiger partial charge in [-0.05, 0) is 11.6 Å². The Morgan fingerprint density at radius 2 is 1.89 bits per heavy atom. The second-order valence-electron chi connectivity index (χ2n) is 5.61. The maximum atomic E-state index is 11.7. The Morgan fingerprint density at radius 3 is 2.52 bits per heavy atom. The molecule has 2 aromatic carbocycles. The van der Waals surface area contributed by atoms with Crippen LogP contribution in [0.4, 0.5) is 10.5 Å². The largest absolute Gasteiger partial charge is 0.496 e. The third-order valence-electron chi connectivity index (χ3n) is 3.79. The molecule has 2 rings (SSSR count). The van der Waals surface area contributed by atoms with Crippen molar-refractivity contribution in [1.82, 2.24) is 5.32 Å². The van der Waals surface area contributed by atoms with Crippen molar-refractivity contribution < 1.29 is 29.4 Å². The Kier molecular flexibility index (Phi) is 7.09. The van der Waals surface area contributed by atoms with E-state index in [1.54, 1.807) is 24.3 Å². The van der Waals surface area contributed by atoms with Crippen LogP contribution in [-0.2, 0) is 11.3 Å². The van der Waals surface area contributed by atoms with Crippen LogP contribution in [0.15, 0.2) is 48.5 Å². The Bertz CT molecular complexity index is 783. The van der Waals surface area contributed by atoms with E-state index in [1.165, 1.54) is 25.3 Å². The van der Waals surface area contributed by atoms with E-state index < -0.39 is 28.9 Å². The highest BCUT2D eigenvalue weighted by Gasteiger charge is 2.30. The van der Waals surface area contributed by atoms with Gasteiger partial charge in [-0.25, -0.2) is 4.79 Å². The molecule has 9 nitrogen and oxygen atoms in total. The molecule has 2 unspecified atom stereocenters. The molecule has 1 amide bonds. The van der Waals surface area contributed by atoms with E-state index >= 15 is 0 Å². The first-order chi connectivity index (χ1) is 12.9. The van der Waals surface area contributed by atoms with Crippen molar-refractivity contribution in [1.29, 1.82) is 0 Å². The molecule has 144 valence electrons. The van der Waals surface area contributed by atoms with E-state index in [2.05, 4.69) is 5.32 Å². The van der Waals surface area contributed by atoms with Crippen molar-refractivity contribution in [2.45, 2.75) is 18.8 Å². The zero-order valence-electron chi connectivity index (χ0n) is 14.6. The molecule has 9 heteroatoms. The number of aliphatic hydroxyl groups is 2. The van der Waals surface area contributed by atoms with Gasteiger partial charge in [-0.1, -0.05) is 36.4 Å². The van der Waals surface area contributed by atoms with Crippen molar-refractivity contribution in [3.05, 3.63) is 69.8 Å². The number of nitro groups is 1. The fourth-order valence-electron chi connectivity index (χ4n) is 2.43. The first-order valence-electron chi connectivity index (χ1n) is 8.06. The molecule has 0 aliphatic carbocycles. The van der Waals surface area contributed by atoms with Gasteiger partial charge in [0.2, 0.25) is 0 Å². The molecule has 0 aliphatic heterocycles. The summed E-state index contributed by atoms with van der Waals surface area (Å²) in [6, 6.07) is 13.0. The number of methoxy groups -OCH3 is 1. The lowest BCUT2D eigenvalue weighted by Gasteiger charge is -2.20. The van der Waals surface area contributed by atoms with Gasteiger partial charge in [0.05, 0.1) is 12.0 Å². The summed E-state index contributed by atoms with van der Waals surface area (Å²) in [7, 11) is 1.29. The fraction of sp³-hybridized carbons (Fsp3) is 0.278. The van der Waals surface area contributed by atoms with Gasteiger partial charge in [-0.2, -0.15) is 0 Å². The maximum absolute atomic E-state index is 11.7. The standard InChI is InChI=1S/C18H20N2O7/c1-26-15-9-5-8-13(20(24)25)16(15)17(22)14(21)10-19-18(23)27-11-12-6-3-2-4-7-12/h2-9,14,17,21-22H,10-11H2,1H3,(H,19,23). The van der Waals surface area contributed by atoms with Gasteiger partial charge in [0.25, 0.3) is 5.69 Å². The minimum Gasteiger partial charge on any atom is -0.496 e. The summed E-state index contributed by atoms with van der Waals surface area (Å²) in [4.78, 5) is 22.2. The van der Waals surface area contributed by atoms with Crippen molar-refractivity contribution in [2.24, 2.45) is 0 Å². The average Bonchev–Trinajstić information content (AvgIpc) is 2.69. The number of nitro benzene ring substituents is 1. The van der Waals surface area contributed by atoms with Crippen LogP contribution in [0.1, 0.15) is 17.2 Å². The molecule has 0 aromatic heterocycles. The average molecular weight is 376 g/mol. The number of hydrogen-bond acceptors (Lipinski definition) is 7. The minimum absolute atomic E-state index is 0.0449. The van der Waals surface area contributed by atoms with Gasteiger partial charge in [0, 0.05) is 12.6 Å².